The number of carbonyl (C=O) groups is 2. The molecule has 162 valence electrons. The van der Waals surface area contributed by atoms with Crippen molar-refractivity contribution in [1.29, 1.82) is 0 Å². The molecule has 2 bridgehead atoms. The zero-order valence-electron chi connectivity index (χ0n) is 18.5. The van der Waals surface area contributed by atoms with Crippen LogP contribution in [0.1, 0.15) is 80.1 Å². The maximum absolute atomic E-state index is 12.2. The second-order valence-electron chi connectivity index (χ2n) is 10.3. The molecule has 0 heterocycles. The highest BCUT2D eigenvalue weighted by Gasteiger charge is 2.47. The lowest BCUT2D eigenvalue weighted by Crippen LogP contribution is -2.46. The normalized spacial score (nSPS) is 26.9. The monoisotopic (exact) mass is 397 g/mol. The van der Waals surface area contributed by atoms with Crippen LogP contribution in [0.5, 0.6) is 0 Å². The van der Waals surface area contributed by atoms with Crippen molar-refractivity contribution < 1.29 is 23.8 Å². The molecule has 4 atom stereocenters. The van der Waals surface area contributed by atoms with E-state index in [1.807, 2.05) is 41.5 Å². The first-order chi connectivity index (χ1) is 12.9. The van der Waals surface area contributed by atoms with Gasteiger partial charge in [0, 0.05) is 12.6 Å². The maximum Gasteiger partial charge on any atom is 0.407 e. The van der Waals surface area contributed by atoms with Crippen LogP contribution >= 0.6 is 0 Å². The number of carbonyl (C=O) groups excluding carboxylic acids is 2. The smallest absolute Gasteiger partial charge is 0.407 e. The summed E-state index contributed by atoms with van der Waals surface area (Å²) >= 11 is 0. The summed E-state index contributed by atoms with van der Waals surface area (Å²) in [7, 11) is 0. The number of fused-ring (bicyclic) bond motifs is 2. The number of hydrogen-bond donors (Lipinski definition) is 1. The van der Waals surface area contributed by atoms with Gasteiger partial charge < -0.3 is 19.5 Å². The van der Waals surface area contributed by atoms with Crippen LogP contribution in [0.25, 0.3) is 0 Å². The van der Waals surface area contributed by atoms with Crippen molar-refractivity contribution in [2.24, 2.45) is 17.8 Å². The largest absolute Gasteiger partial charge is 0.458 e. The summed E-state index contributed by atoms with van der Waals surface area (Å²) < 4.78 is 16.1. The van der Waals surface area contributed by atoms with Crippen LogP contribution in [0.4, 0.5) is 4.79 Å². The van der Waals surface area contributed by atoms with Crippen LogP contribution < -0.4 is 5.32 Å². The molecule has 2 aliphatic rings. The number of amides is 1. The Morgan fingerprint density at radius 1 is 0.929 bits per heavy atom. The molecule has 0 aliphatic heterocycles. The molecule has 0 radical (unpaired) electrons. The lowest BCUT2D eigenvalue weighted by molar-refractivity contribution is -0.160. The fourth-order valence-electron chi connectivity index (χ4n) is 4.60. The minimum Gasteiger partial charge on any atom is -0.458 e. The second-order valence-corrected chi connectivity index (χ2v) is 10.3. The topological polar surface area (TPSA) is 73.9 Å². The number of ether oxygens (including phenoxy) is 3. The van der Waals surface area contributed by atoms with Gasteiger partial charge in [0.2, 0.25) is 0 Å². The van der Waals surface area contributed by atoms with E-state index < -0.39 is 11.2 Å². The van der Waals surface area contributed by atoms with Crippen molar-refractivity contribution in [2.75, 3.05) is 13.2 Å². The molecule has 0 saturated heterocycles. The van der Waals surface area contributed by atoms with E-state index in [0.717, 1.165) is 19.3 Å². The van der Waals surface area contributed by atoms with Crippen molar-refractivity contribution in [2.45, 2.75) is 97.3 Å². The molecule has 0 aromatic rings. The predicted molar refractivity (Wildman–Crippen MR) is 108 cm³/mol. The Hall–Kier alpha value is -1.30. The molecule has 2 fully saturated rings. The Morgan fingerprint density at radius 3 is 2.21 bits per heavy atom. The number of esters is 1. The molecule has 2 saturated carbocycles. The number of rotatable bonds is 8. The highest BCUT2D eigenvalue weighted by molar-refractivity contribution is 5.71. The highest BCUT2D eigenvalue weighted by atomic mass is 16.6. The van der Waals surface area contributed by atoms with Gasteiger partial charge in [0.05, 0.1) is 0 Å². The zero-order valence-corrected chi connectivity index (χ0v) is 18.5. The van der Waals surface area contributed by atoms with Crippen LogP contribution in [0.15, 0.2) is 0 Å². The molecule has 1 N–H and O–H groups in total. The van der Waals surface area contributed by atoms with E-state index in [-0.39, 0.29) is 24.7 Å². The summed E-state index contributed by atoms with van der Waals surface area (Å²) in [5, 5.41) is 3.15. The third-order valence-corrected chi connectivity index (χ3v) is 5.49. The van der Waals surface area contributed by atoms with Crippen molar-refractivity contribution in [1.82, 2.24) is 5.32 Å². The quantitative estimate of drug-likeness (QED) is 0.484. The standard InChI is InChI=1S/C22H39NO5/c1-21(2,3)27-18(24)14-26-12-8-7-9-17-15-10-11-16(13-15)19(17)23-20(25)28-22(4,5)6/h15-17,19H,7-14H2,1-6H3,(H,23,25)/t15-,16+,17+,19+/m1/s1. The minimum atomic E-state index is -0.474. The van der Waals surface area contributed by atoms with Gasteiger partial charge in [-0.15, -0.1) is 0 Å². The fraction of sp³-hybridized carbons (Fsp3) is 0.909. The van der Waals surface area contributed by atoms with Gasteiger partial charge in [-0.25, -0.2) is 9.59 Å². The van der Waals surface area contributed by atoms with Crippen LogP contribution in [-0.4, -0.2) is 42.5 Å². The van der Waals surface area contributed by atoms with Crippen LogP contribution in [0.2, 0.25) is 0 Å². The van der Waals surface area contributed by atoms with E-state index >= 15 is 0 Å². The number of alkyl carbamates (subject to hydrolysis) is 1. The first-order valence-electron chi connectivity index (χ1n) is 10.7. The van der Waals surface area contributed by atoms with Gasteiger partial charge >= 0.3 is 12.1 Å². The molecular formula is C22H39NO5. The second kappa shape index (κ2) is 9.47. The van der Waals surface area contributed by atoms with E-state index in [2.05, 4.69) is 5.32 Å². The van der Waals surface area contributed by atoms with Gasteiger partial charge in [0.15, 0.2) is 0 Å². The summed E-state index contributed by atoms with van der Waals surface area (Å²) in [6, 6.07) is 0.233. The Balaban J connectivity index is 1.68. The molecule has 2 rings (SSSR count). The van der Waals surface area contributed by atoms with Gasteiger partial charge in [0.1, 0.15) is 17.8 Å². The summed E-state index contributed by atoms with van der Waals surface area (Å²) in [6.07, 6.45) is 6.44. The lowest BCUT2D eigenvalue weighted by atomic mass is 9.81. The summed E-state index contributed by atoms with van der Waals surface area (Å²) in [5.74, 6) is 1.51. The molecule has 28 heavy (non-hydrogen) atoms. The van der Waals surface area contributed by atoms with Crippen LogP contribution in [-0.2, 0) is 19.0 Å². The molecule has 1 amide bonds. The fourth-order valence-corrected chi connectivity index (χ4v) is 4.60. The Bertz CT molecular complexity index is 534. The van der Waals surface area contributed by atoms with Gasteiger partial charge in [-0.05, 0) is 91.4 Å². The van der Waals surface area contributed by atoms with Crippen molar-refractivity contribution in [3.63, 3.8) is 0 Å². The van der Waals surface area contributed by atoms with E-state index in [4.69, 9.17) is 14.2 Å². The lowest BCUT2D eigenvalue weighted by Gasteiger charge is -2.32. The van der Waals surface area contributed by atoms with Crippen molar-refractivity contribution in [3.8, 4) is 0 Å². The Labute approximate surface area is 170 Å². The van der Waals surface area contributed by atoms with Gasteiger partial charge in [0.25, 0.3) is 0 Å². The molecule has 6 heteroatoms. The van der Waals surface area contributed by atoms with Crippen molar-refractivity contribution >= 4 is 12.1 Å². The van der Waals surface area contributed by atoms with Gasteiger partial charge in [-0.2, -0.15) is 0 Å². The first kappa shape index (κ1) is 23.0. The van der Waals surface area contributed by atoms with Crippen molar-refractivity contribution in [3.05, 3.63) is 0 Å². The third kappa shape index (κ3) is 7.61. The van der Waals surface area contributed by atoms with E-state index in [1.165, 1.54) is 19.3 Å². The number of hydrogen-bond acceptors (Lipinski definition) is 5. The molecule has 6 nitrogen and oxygen atoms in total. The number of nitrogens with one attached hydrogen (secondary N) is 1. The zero-order chi connectivity index (χ0) is 20.9. The summed E-state index contributed by atoms with van der Waals surface area (Å²) in [4.78, 5) is 23.8. The Morgan fingerprint density at radius 2 is 1.57 bits per heavy atom. The van der Waals surface area contributed by atoms with E-state index in [0.29, 0.717) is 24.4 Å². The molecular weight excluding hydrogens is 358 g/mol. The summed E-state index contributed by atoms with van der Waals surface area (Å²) in [5.41, 5.74) is -0.943. The molecule has 0 spiro atoms. The predicted octanol–water partition coefficient (Wildman–Crippen LogP) is 4.45. The SMILES string of the molecule is CC(C)(C)OC(=O)COCCCC[C@H]1[C@@H]2CC[C@@H](C2)[C@@H]1NC(=O)OC(C)(C)C. The van der Waals surface area contributed by atoms with Crippen LogP contribution in [0.3, 0.4) is 0 Å². The van der Waals surface area contributed by atoms with Gasteiger partial charge in [-0.1, -0.05) is 6.42 Å². The summed E-state index contributed by atoms with van der Waals surface area (Å²) in [6.45, 7) is 11.8. The van der Waals surface area contributed by atoms with E-state index in [9.17, 15) is 9.59 Å². The molecule has 2 aliphatic carbocycles. The molecule has 0 unspecified atom stereocenters. The first-order valence-corrected chi connectivity index (χ1v) is 10.7. The van der Waals surface area contributed by atoms with E-state index in [1.54, 1.807) is 0 Å². The van der Waals surface area contributed by atoms with Gasteiger partial charge in [-0.3, -0.25) is 0 Å². The maximum atomic E-state index is 12.2. The average molecular weight is 398 g/mol. The molecule has 0 aromatic carbocycles. The minimum absolute atomic E-state index is 0.00816. The third-order valence-electron chi connectivity index (χ3n) is 5.49. The van der Waals surface area contributed by atoms with Crippen LogP contribution in [0, 0.1) is 17.8 Å². The Kier molecular flexibility index (Phi) is 7.77. The molecule has 0 aromatic heterocycles. The average Bonchev–Trinajstić information content (AvgIpc) is 3.09. The number of unbranched alkanes of at least 4 members (excludes halogenated alkanes) is 1. The highest BCUT2D eigenvalue weighted by Crippen LogP contribution is 2.50.